The lowest BCUT2D eigenvalue weighted by Crippen LogP contribution is -2.13. The monoisotopic (exact) mass is 305 g/mol. The zero-order valence-corrected chi connectivity index (χ0v) is 12.1. The summed E-state index contributed by atoms with van der Waals surface area (Å²) in [4.78, 5) is 11.5. The van der Waals surface area contributed by atoms with Crippen molar-refractivity contribution in [1.29, 1.82) is 0 Å². The van der Waals surface area contributed by atoms with E-state index in [9.17, 15) is 4.79 Å². The third-order valence-corrected chi connectivity index (χ3v) is 2.98. The van der Waals surface area contributed by atoms with Gasteiger partial charge in [-0.2, -0.15) is 0 Å². The Balaban J connectivity index is 2.24. The summed E-state index contributed by atoms with van der Waals surface area (Å²) in [5, 5.41) is 3.58. The predicted octanol–water partition coefficient (Wildman–Crippen LogP) is 2.52. The molecule has 2 rings (SSSR count). The molecule has 0 saturated heterocycles. The van der Waals surface area contributed by atoms with Gasteiger partial charge in [-0.25, -0.2) is 0 Å². The number of anilines is 2. The van der Waals surface area contributed by atoms with Crippen molar-refractivity contribution in [1.82, 2.24) is 0 Å². The van der Waals surface area contributed by atoms with Gasteiger partial charge in [0.05, 0.1) is 11.3 Å². The molecule has 21 heavy (non-hydrogen) atoms. The lowest BCUT2D eigenvalue weighted by molar-refractivity contribution is 0.100. The molecule has 5 N–H and O–H groups in total. The number of carbonyl (C=O) groups excluding carboxylic acids is 1. The van der Waals surface area contributed by atoms with Crippen LogP contribution in [0.1, 0.15) is 10.4 Å². The first-order valence-electron chi connectivity index (χ1n) is 6.39. The zero-order valence-electron chi connectivity index (χ0n) is 11.3. The molecule has 1 amide bonds. The van der Waals surface area contributed by atoms with Crippen molar-refractivity contribution in [2.45, 2.75) is 0 Å². The van der Waals surface area contributed by atoms with E-state index in [-0.39, 0.29) is 0 Å². The lowest BCUT2D eigenvalue weighted by Gasteiger charge is -2.12. The fraction of sp³-hybridized carbons (Fsp3) is 0.133. The van der Waals surface area contributed by atoms with Gasteiger partial charge in [0, 0.05) is 23.3 Å². The highest BCUT2D eigenvalue weighted by Gasteiger charge is 2.09. The Morgan fingerprint density at radius 1 is 1.24 bits per heavy atom. The Kier molecular flexibility index (Phi) is 5.03. The number of nitrogens with two attached hydrogens (primary N) is 2. The summed E-state index contributed by atoms with van der Waals surface area (Å²) in [5.41, 5.74) is 12.4. The molecule has 0 aliphatic heterocycles. The molecule has 0 spiro atoms. The molecule has 0 bridgehead atoms. The lowest BCUT2D eigenvalue weighted by atomic mass is 10.1. The van der Waals surface area contributed by atoms with Gasteiger partial charge >= 0.3 is 0 Å². The van der Waals surface area contributed by atoms with Gasteiger partial charge in [-0.15, -0.1) is 0 Å². The van der Waals surface area contributed by atoms with Crippen molar-refractivity contribution in [2.75, 3.05) is 18.5 Å². The summed E-state index contributed by atoms with van der Waals surface area (Å²) in [6, 6.07) is 12.3. The molecule has 110 valence electrons. The molecule has 0 heterocycles. The Labute approximate surface area is 127 Å². The number of hydrogen-bond donors (Lipinski definition) is 3. The number of benzene rings is 2. The second-order valence-electron chi connectivity index (χ2n) is 4.34. The molecule has 0 unspecified atom stereocenters. The summed E-state index contributed by atoms with van der Waals surface area (Å²) in [6.45, 7) is 0.887. The molecular weight excluding hydrogens is 290 g/mol. The Morgan fingerprint density at radius 2 is 2.05 bits per heavy atom. The minimum atomic E-state index is -0.546. The molecule has 2 aromatic rings. The molecule has 0 radical (unpaired) electrons. The molecule has 2 aromatic carbocycles. The van der Waals surface area contributed by atoms with E-state index in [0.29, 0.717) is 35.2 Å². The van der Waals surface area contributed by atoms with Crippen molar-refractivity contribution in [2.24, 2.45) is 11.5 Å². The highest BCUT2D eigenvalue weighted by atomic mass is 35.5. The topological polar surface area (TPSA) is 90.4 Å². The van der Waals surface area contributed by atoms with Crippen LogP contribution in [0.5, 0.6) is 5.75 Å². The minimum absolute atomic E-state index is 0.329. The zero-order chi connectivity index (χ0) is 15.2. The quantitative estimate of drug-likeness (QED) is 0.765. The number of rotatable bonds is 6. The average Bonchev–Trinajstić information content (AvgIpc) is 2.47. The Hall–Kier alpha value is -2.24. The average molecular weight is 306 g/mol. The van der Waals surface area contributed by atoms with Gasteiger partial charge in [-0.1, -0.05) is 17.7 Å². The summed E-state index contributed by atoms with van der Waals surface area (Å²) in [6.07, 6.45) is 0. The van der Waals surface area contributed by atoms with Gasteiger partial charge < -0.3 is 21.5 Å². The van der Waals surface area contributed by atoms with Crippen LogP contribution in [0.3, 0.4) is 0 Å². The summed E-state index contributed by atoms with van der Waals surface area (Å²) < 4.78 is 5.45. The van der Waals surface area contributed by atoms with Crippen molar-refractivity contribution >= 4 is 28.9 Å². The molecule has 0 fully saturated rings. The highest BCUT2D eigenvalue weighted by Crippen LogP contribution is 2.26. The summed E-state index contributed by atoms with van der Waals surface area (Å²) in [7, 11) is 0. The van der Waals surface area contributed by atoms with Gasteiger partial charge in [-0.05, 0) is 30.3 Å². The summed E-state index contributed by atoms with van der Waals surface area (Å²) >= 11 is 5.88. The van der Waals surface area contributed by atoms with Crippen LogP contribution in [0, 0.1) is 0 Å². The Bertz CT molecular complexity index is 647. The van der Waals surface area contributed by atoms with Gasteiger partial charge in [0.2, 0.25) is 0 Å². The number of primary amides is 1. The maximum Gasteiger partial charge on any atom is 0.250 e. The van der Waals surface area contributed by atoms with E-state index in [4.69, 9.17) is 27.8 Å². The third-order valence-electron chi connectivity index (χ3n) is 2.75. The standard InChI is InChI=1S/C15H16ClN3O2/c16-10-4-5-14(13(8-10)15(18)20)19-11-2-1-3-12(9-11)21-7-6-17/h1-5,8-9,19H,6-7,17H2,(H2,18,20). The van der Waals surface area contributed by atoms with Gasteiger partial charge in [-0.3, -0.25) is 4.79 Å². The summed E-state index contributed by atoms with van der Waals surface area (Å²) in [5.74, 6) is 0.149. The first-order valence-corrected chi connectivity index (χ1v) is 6.77. The van der Waals surface area contributed by atoms with E-state index in [2.05, 4.69) is 5.32 Å². The highest BCUT2D eigenvalue weighted by molar-refractivity contribution is 6.31. The van der Waals surface area contributed by atoms with Crippen molar-refractivity contribution in [3.63, 3.8) is 0 Å². The maximum absolute atomic E-state index is 11.5. The van der Waals surface area contributed by atoms with Crippen LogP contribution in [0.25, 0.3) is 0 Å². The number of halogens is 1. The number of hydrogen-bond acceptors (Lipinski definition) is 4. The van der Waals surface area contributed by atoms with Crippen LogP contribution < -0.4 is 21.5 Å². The van der Waals surface area contributed by atoms with Crippen LogP contribution in [0.15, 0.2) is 42.5 Å². The largest absolute Gasteiger partial charge is 0.492 e. The first-order chi connectivity index (χ1) is 10.1. The Morgan fingerprint density at radius 3 is 2.76 bits per heavy atom. The van der Waals surface area contributed by atoms with Crippen molar-refractivity contribution in [3.05, 3.63) is 53.1 Å². The second kappa shape index (κ2) is 6.97. The smallest absolute Gasteiger partial charge is 0.250 e. The van der Waals surface area contributed by atoms with E-state index in [1.807, 2.05) is 24.3 Å². The van der Waals surface area contributed by atoms with Crippen LogP contribution in [0.2, 0.25) is 5.02 Å². The number of nitrogens with one attached hydrogen (secondary N) is 1. The second-order valence-corrected chi connectivity index (χ2v) is 4.78. The molecule has 0 aliphatic carbocycles. The molecule has 0 aromatic heterocycles. The van der Waals surface area contributed by atoms with Gasteiger partial charge in [0.25, 0.3) is 5.91 Å². The van der Waals surface area contributed by atoms with E-state index < -0.39 is 5.91 Å². The molecule has 0 saturated carbocycles. The first kappa shape index (κ1) is 15.2. The van der Waals surface area contributed by atoms with Gasteiger partial charge in [0.15, 0.2) is 0 Å². The number of ether oxygens (including phenoxy) is 1. The van der Waals surface area contributed by atoms with E-state index >= 15 is 0 Å². The van der Waals surface area contributed by atoms with Gasteiger partial charge in [0.1, 0.15) is 12.4 Å². The normalized spacial score (nSPS) is 10.2. The van der Waals surface area contributed by atoms with Crippen molar-refractivity contribution in [3.8, 4) is 5.75 Å². The van der Waals surface area contributed by atoms with Crippen LogP contribution in [-0.4, -0.2) is 19.1 Å². The fourth-order valence-corrected chi connectivity index (χ4v) is 2.00. The number of carbonyl (C=O) groups is 1. The van der Waals surface area contributed by atoms with Crippen molar-refractivity contribution < 1.29 is 9.53 Å². The number of amides is 1. The predicted molar refractivity (Wildman–Crippen MR) is 84.2 cm³/mol. The van der Waals surface area contributed by atoms with Crippen LogP contribution in [0.4, 0.5) is 11.4 Å². The minimum Gasteiger partial charge on any atom is -0.492 e. The molecular formula is C15H16ClN3O2. The van der Waals surface area contributed by atoms with Crippen LogP contribution >= 0.6 is 11.6 Å². The molecule has 6 heteroatoms. The maximum atomic E-state index is 11.5. The molecule has 5 nitrogen and oxygen atoms in total. The van der Waals surface area contributed by atoms with E-state index in [1.54, 1.807) is 12.1 Å². The van der Waals surface area contributed by atoms with E-state index in [1.165, 1.54) is 6.07 Å². The molecule has 0 atom stereocenters. The SMILES string of the molecule is NCCOc1cccc(Nc2ccc(Cl)cc2C(N)=O)c1. The van der Waals surface area contributed by atoms with Crippen LogP contribution in [-0.2, 0) is 0 Å². The fourth-order valence-electron chi connectivity index (χ4n) is 1.83. The van der Waals surface area contributed by atoms with E-state index in [0.717, 1.165) is 5.69 Å². The third kappa shape index (κ3) is 4.11. The molecule has 0 aliphatic rings.